The number of aromatic nitrogens is 1. The van der Waals surface area contributed by atoms with Crippen molar-refractivity contribution >= 4 is 11.6 Å². The molecular weight excluding hydrogens is 298 g/mol. The van der Waals surface area contributed by atoms with Crippen LogP contribution in [-0.4, -0.2) is 11.3 Å². The number of hydrogen-bond acceptors (Lipinski definition) is 2. The van der Waals surface area contributed by atoms with Crippen molar-refractivity contribution in [3.05, 3.63) is 46.9 Å². The summed E-state index contributed by atoms with van der Waals surface area (Å²) in [5, 5.41) is 0.406. The first-order valence-electron chi connectivity index (χ1n) is 5.44. The summed E-state index contributed by atoms with van der Waals surface area (Å²) in [7, 11) is 0. The van der Waals surface area contributed by atoms with Gasteiger partial charge in [0.2, 0.25) is 0 Å². The van der Waals surface area contributed by atoms with Gasteiger partial charge in [-0.3, -0.25) is 4.98 Å². The summed E-state index contributed by atoms with van der Waals surface area (Å²) < 4.78 is 53.2. The Balaban J connectivity index is 2.38. The van der Waals surface area contributed by atoms with Gasteiger partial charge in [0.1, 0.15) is 0 Å². The van der Waals surface area contributed by atoms with Gasteiger partial charge in [-0.15, -0.1) is 13.2 Å². The predicted molar refractivity (Wildman–Crippen MR) is 66.1 cm³/mol. The minimum Gasteiger partial charge on any atom is -0.403 e. The lowest BCUT2D eigenvalue weighted by molar-refractivity contribution is -0.275. The van der Waals surface area contributed by atoms with Crippen LogP contribution in [0.5, 0.6) is 5.75 Å². The maximum absolute atomic E-state index is 13.6. The van der Waals surface area contributed by atoms with Crippen LogP contribution in [0, 0.1) is 12.7 Å². The fourth-order valence-corrected chi connectivity index (χ4v) is 1.90. The van der Waals surface area contributed by atoms with Crippen LogP contribution in [0.2, 0.25) is 5.02 Å². The third kappa shape index (κ3) is 3.60. The van der Waals surface area contributed by atoms with Crippen molar-refractivity contribution in [2.45, 2.75) is 13.3 Å². The second-order valence-electron chi connectivity index (χ2n) is 4.00. The number of nitrogens with zero attached hydrogens (tertiary/aromatic N) is 1. The smallest absolute Gasteiger partial charge is 0.403 e. The number of benzene rings is 1. The van der Waals surface area contributed by atoms with E-state index in [0.717, 1.165) is 12.1 Å². The quantitative estimate of drug-likeness (QED) is 0.747. The fourth-order valence-electron chi connectivity index (χ4n) is 1.64. The van der Waals surface area contributed by atoms with Crippen molar-refractivity contribution in [3.63, 3.8) is 0 Å². The maximum Gasteiger partial charge on any atom is 0.573 e. The summed E-state index contributed by atoms with van der Waals surface area (Å²) in [4.78, 5) is 4.14. The summed E-state index contributed by atoms with van der Waals surface area (Å²) in [6.45, 7) is 1.70. The molecule has 0 aliphatic rings. The van der Waals surface area contributed by atoms with Gasteiger partial charge in [-0.2, -0.15) is 0 Å². The summed E-state index contributed by atoms with van der Waals surface area (Å²) in [5.41, 5.74) is 1.29. The van der Waals surface area contributed by atoms with Gasteiger partial charge in [-0.05, 0) is 37.3 Å². The number of hydrogen-bond donors (Lipinski definition) is 0. The van der Waals surface area contributed by atoms with Gasteiger partial charge in [0, 0.05) is 16.3 Å². The Morgan fingerprint density at radius 1 is 1.15 bits per heavy atom. The maximum atomic E-state index is 13.6. The van der Waals surface area contributed by atoms with E-state index in [0.29, 0.717) is 22.0 Å². The molecule has 0 bridgehead atoms. The van der Waals surface area contributed by atoms with Crippen LogP contribution < -0.4 is 4.74 Å². The highest BCUT2D eigenvalue weighted by Gasteiger charge is 2.32. The summed E-state index contributed by atoms with van der Waals surface area (Å²) >= 11 is 5.85. The van der Waals surface area contributed by atoms with Gasteiger partial charge in [0.15, 0.2) is 11.6 Å². The molecule has 1 aromatic carbocycles. The molecule has 0 aliphatic heterocycles. The average molecular weight is 306 g/mol. The zero-order chi connectivity index (χ0) is 14.9. The summed E-state index contributed by atoms with van der Waals surface area (Å²) in [5.74, 6) is -2.01. The first-order valence-corrected chi connectivity index (χ1v) is 5.82. The second-order valence-corrected chi connectivity index (χ2v) is 4.44. The lowest BCUT2D eigenvalue weighted by Gasteiger charge is -2.10. The Morgan fingerprint density at radius 3 is 2.40 bits per heavy atom. The van der Waals surface area contributed by atoms with Crippen LogP contribution in [0.3, 0.4) is 0 Å². The Hall–Kier alpha value is -1.82. The van der Waals surface area contributed by atoms with Crippen molar-refractivity contribution in [1.29, 1.82) is 0 Å². The molecule has 0 spiro atoms. The Labute approximate surface area is 117 Å². The van der Waals surface area contributed by atoms with Crippen molar-refractivity contribution in [1.82, 2.24) is 4.98 Å². The van der Waals surface area contributed by atoms with E-state index >= 15 is 0 Å². The van der Waals surface area contributed by atoms with Crippen molar-refractivity contribution in [3.8, 4) is 17.0 Å². The molecule has 0 fully saturated rings. The lowest BCUT2D eigenvalue weighted by atomic mass is 10.1. The molecule has 0 N–H and O–H groups in total. The summed E-state index contributed by atoms with van der Waals surface area (Å²) in [6, 6.07) is 6.20. The largest absolute Gasteiger partial charge is 0.573 e. The molecule has 0 atom stereocenters. The number of ether oxygens (including phenoxy) is 1. The Kier molecular flexibility index (Phi) is 3.85. The molecule has 0 amide bonds. The van der Waals surface area contributed by atoms with Gasteiger partial charge in [0.05, 0.1) is 5.69 Å². The monoisotopic (exact) mass is 305 g/mol. The van der Waals surface area contributed by atoms with Crippen LogP contribution in [0.1, 0.15) is 5.69 Å². The van der Waals surface area contributed by atoms with Crippen molar-refractivity contribution in [2.75, 3.05) is 0 Å². The molecule has 0 saturated heterocycles. The van der Waals surface area contributed by atoms with E-state index in [9.17, 15) is 17.6 Å². The molecule has 1 aromatic heterocycles. The molecule has 0 aliphatic carbocycles. The number of rotatable bonds is 2. The fraction of sp³-hybridized carbons (Fsp3) is 0.154. The third-order valence-electron chi connectivity index (χ3n) is 2.37. The van der Waals surface area contributed by atoms with Crippen LogP contribution in [0.25, 0.3) is 11.3 Å². The normalized spacial score (nSPS) is 11.5. The van der Waals surface area contributed by atoms with E-state index in [4.69, 9.17) is 11.6 Å². The zero-order valence-electron chi connectivity index (χ0n) is 10.1. The van der Waals surface area contributed by atoms with Crippen molar-refractivity contribution in [2.24, 2.45) is 0 Å². The van der Waals surface area contributed by atoms with E-state index in [1.165, 1.54) is 12.1 Å². The number of halogens is 5. The van der Waals surface area contributed by atoms with E-state index in [1.54, 1.807) is 13.0 Å². The lowest BCUT2D eigenvalue weighted by Crippen LogP contribution is -2.17. The molecule has 1 heterocycles. The molecule has 2 nitrogen and oxygen atoms in total. The zero-order valence-corrected chi connectivity index (χ0v) is 10.9. The van der Waals surface area contributed by atoms with Crippen molar-refractivity contribution < 1.29 is 22.3 Å². The Bertz CT molecular complexity index is 623. The van der Waals surface area contributed by atoms with Crippen LogP contribution in [0.15, 0.2) is 30.3 Å². The van der Waals surface area contributed by atoms with E-state index in [1.807, 2.05) is 0 Å². The molecule has 0 saturated carbocycles. The van der Waals surface area contributed by atoms with Gasteiger partial charge >= 0.3 is 6.36 Å². The highest BCUT2D eigenvalue weighted by atomic mass is 35.5. The number of pyridine rings is 1. The topological polar surface area (TPSA) is 22.1 Å². The SMILES string of the molecule is Cc1cc(Cl)cc(-c2ccc(OC(F)(F)F)c(F)c2)n1. The Morgan fingerprint density at radius 2 is 1.85 bits per heavy atom. The van der Waals surface area contributed by atoms with Crippen LogP contribution >= 0.6 is 11.6 Å². The van der Waals surface area contributed by atoms with E-state index in [-0.39, 0.29) is 0 Å². The average Bonchev–Trinajstić information content (AvgIpc) is 2.29. The van der Waals surface area contributed by atoms with Gasteiger partial charge in [-0.1, -0.05) is 11.6 Å². The highest BCUT2D eigenvalue weighted by Crippen LogP contribution is 2.29. The van der Waals surface area contributed by atoms with Crippen LogP contribution in [0.4, 0.5) is 17.6 Å². The molecule has 0 unspecified atom stereocenters. The standard InChI is InChI=1S/C13H8ClF4NO/c1-7-4-9(14)6-11(19-7)8-2-3-12(10(15)5-8)20-13(16,17)18/h2-6H,1H3. The second kappa shape index (κ2) is 5.28. The third-order valence-corrected chi connectivity index (χ3v) is 2.59. The van der Waals surface area contributed by atoms with E-state index in [2.05, 4.69) is 9.72 Å². The number of alkyl halides is 3. The van der Waals surface area contributed by atoms with Gasteiger partial charge < -0.3 is 4.74 Å². The molecule has 2 rings (SSSR count). The minimum atomic E-state index is -4.94. The molecule has 7 heteroatoms. The van der Waals surface area contributed by atoms with E-state index < -0.39 is 17.9 Å². The minimum absolute atomic E-state index is 0.308. The summed E-state index contributed by atoms with van der Waals surface area (Å²) in [6.07, 6.45) is -4.94. The molecule has 0 radical (unpaired) electrons. The first kappa shape index (κ1) is 14.6. The highest BCUT2D eigenvalue weighted by molar-refractivity contribution is 6.30. The molecular formula is C13H8ClF4NO. The first-order chi connectivity index (χ1) is 9.24. The predicted octanol–water partition coefficient (Wildman–Crippen LogP) is 4.75. The van der Waals surface area contributed by atoms with Gasteiger partial charge in [0.25, 0.3) is 0 Å². The molecule has 2 aromatic rings. The molecule has 106 valence electrons. The molecule has 20 heavy (non-hydrogen) atoms. The van der Waals surface area contributed by atoms with Crippen LogP contribution in [-0.2, 0) is 0 Å². The van der Waals surface area contributed by atoms with Gasteiger partial charge in [-0.25, -0.2) is 4.39 Å². The number of aryl methyl sites for hydroxylation is 1.